The summed E-state index contributed by atoms with van der Waals surface area (Å²) in [5.74, 6) is -0.402. The molecule has 1 aromatic rings. The summed E-state index contributed by atoms with van der Waals surface area (Å²) < 4.78 is 18.1. The van der Waals surface area contributed by atoms with E-state index in [0.29, 0.717) is 11.3 Å². The molecule has 0 saturated heterocycles. The van der Waals surface area contributed by atoms with Gasteiger partial charge in [-0.15, -0.1) is 0 Å². The van der Waals surface area contributed by atoms with Crippen LogP contribution in [0.15, 0.2) is 28.6 Å². The first-order valence-electron chi connectivity index (χ1n) is 3.46. The van der Waals surface area contributed by atoms with Crippen LogP contribution >= 0.6 is 0 Å². The Kier molecular flexibility index (Phi) is 3.33. The van der Waals surface area contributed by atoms with Crippen molar-refractivity contribution in [1.29, 1.82) is 0 Å². The molecule has 0 radical (unpaired) electrons. The third-order valence-corrected chi connectivity index (χ3v) is 1.72. The lowest BCUT2D eigenvalue weighted by Crippen LogP contribution is -1.99. The Labute approximate surface area is 78.8 Å². The van der Waals surface area contributed by atoms with Gasteiger partial charge in [-0.2, -0.15) is 8.57 Å². The number of hydrogen-bond donors (Lipinski definition) is 0. The van der Waals surface area contributed by atoms with E-state index in [0.717, 1.165) is 0 Å². The molecule has 0 unspecified atom stereocenters. The van der Waals surface area contributed by atoms with E-state index in [1.165, 1.54) is 7.11 Å². The fourth-order valence-electron chi connectivity index (χ4n) is 0.819. The van der Waals surface area contributed by atoms with Gasteiger partial charge in [-0.25, -0.2) is 4.79 Å². The number of carbonyl (C=O) groups is 1. The van der Waals surface area contributed by atoms with E-state index in [2.05, 4.69) is 9.10 Å². The Bertz CT molecular complexity index is 354. The molecule has 5 heteroatoms. The van der Waals surface area contributed by atoms with Crippen molar-refractivity contribution in [2.24, 2.45) is 4.36 Å². The van der Waals surface area contributed by atoms with Gasteiger partial charge in [0.25, 0.3) is 0 Å². The lowest BCUT2D eigenvalue weighted by Gasteiger charge is -1.97. The lowest BCUT2D eigenvalue weighted by atomic mass is 10.2. The number of ether oxygens (including phenoxy) is 1. The van der Waals surface area contributed by atoms with Crippen LogP contribution in [-0.4, -0.2) is 17.3 Å². The molecule has 0 saturated carbocycles. The number of nitrogens with zero attached hydrogens (tertiary/aromatic N) is 1. The Balaban J connectivity index is 2.93. The third-order valence-electron chi connectivity index (χ3n) is 1.43. The summed E-state index contributed by atoms with van der Waals surface area (Å²) in [5.41, 5.74) is 0.977. The van der Waals surface area contributed by atoms with Gasteiger partial charge in [0.2, 0.25) is 11.5 Å². The van der Waals surface area contributed by atoms with Crippen molar-refractivity contribution >= 4 is 23.1 Å². The fourth-order valence-corrected chi connectivity index (χ4v) is 1.03. The Morgan fingerprint density at radius 1 is 1.38 bits per heavy atom. The van der Waals surface area contributed by atoms with Gasteiger partial charge < -0.3 is 4.74 Å². The van der Waals surface area contributed by atoms with E-state index in [1.807, 2.05) is 0 Å². The van der Waals surface area contributed by atoms with Gasteiger partial charge >= 0.3 is 5.97 Å². The Morgan fingerprint density at radius 3 is 2.46 bits per heavy atom. The fraction of sp³-hybridized carbons (Fsp3) is 0.125. The SMILES string of the molecule is COC(=O)c1ccc(N=S=O)cc1. The van der Waals surface area contributed by atoms with Crippen molar-refractivity contribution in [2.75, 3.05) is 7.11 Å². The molecule has 1 rings (SSSR count). The van der Waals surface area contributed by atoms with E-state index in [-0.39, 0.29) is 11.5 Å². The van der Waals surface area contributed by atoms with Crippen LogP contribution in [0.5, 0.6) is 0 Å². The average molecular weight is 197 g/mol. The van der Waals surface area contributed by atoms with Crippen molar-refractivity contribution in [2.45, 2.75) is 0 Å². The van der Waals surface area contributed by atoms with Crippen LogP contribution in [0.25, 0.3) is 0 Å². The maximum atomic E-state index is 11.0. The summed E-state index contributed by atoms with van der Waals surface area (Å²) in [4.78, 5) is 11.0. The first-order valence-corrected chi connectivity index (χ1v) is 4.16. The molecule has 0 N–H and O–H groups in total. The molecule has 4 nitrogen and oxygen atoms in total. The second kappa shape index (κ2) is 4.51. The molecule has 1 aromatic carbocycles. The summed E-state index contributed by atoms with van der Waals surface area (Å²) in [7, 11) is 1.31. The van der Waals surface area contributed by atoms with E-state index >= 15 is 0 Å². The molecule has 0 aliphatic heterocycles. The van der Waals surface area contributed by atoms with Crippen LogP contribution in [0.3, 0.4) is 0 Å². The molecule has 0 amide bonds. The molecule has 0 heterocycles. The third kappa shape index (κ3) is 2.48. The minimum Gasteiger partial charge on any atom is -0.465 e. The molecule has 0 aliphatic rings. The lowest BCUT2D eigenvalue weighted by molar-refractivity contribution is 0.0601. The van der Waals surface area contributed by atoms with Crippen LogP contribution in [0, 0.1) is 0 Å². The van der Waals surface area contributed by atoms with Crippen LogP contribution in [0.2, 0.25) is 0 Å². The zero-order chi connectivity index (χ0) is 9.68. The van der Waals surface area contributed by atoms with Gasteiger partial charge in [-0.1, -0.05) is 0 Å². The zero-order valence-electron chi connectivity index (χ0n) is 6.89. The predicted molar refractivity (Wildman–Crippen MR) is 48.0 cm³/mol. The van der Waals surface area contributed by atoms with Gasteiger partial charge in [0.05, 0.1) is 18.4 Å². The number of benzene rings is 1. The van der Waals surface area contributed by atoms with Crippen molar-refractivity contribution < 1.29 is 13.7 Å². The summed E-state index contributed by atoms with van der Waals surface area (Å²) in [6.45, 7) is 0. The maximum absolute atomic E-state index is 11.0. The van der Waals surface area contributed by atoms with Crippen LogP contribution in [-0.2, 0) is 16.2 Å². The van der Waals surface area contributed by atoms with Crippen LogP contribution < -0.4 is 0 Å². The quantitative estimate of drug-likeness (QED) is 0.675. The standard InChI is InChI=1S/C8H7NO3S/c1-12-8(10)6-2-4-7(5-3-6)9-13-11/h2-5H,1H3. The zero-order valence-corrected chi connectivity index (χ0v) is 7.71. The van der Waals surface area contributed by atoms with Gasteiger partial charge in [0, 0.05) is 0 Å². The van der Waals surface area contributed by atoms with Gasteiger partial charge in [0.1, 0.15) is 0 Å². The predicted octanol–water partition coefficient (Wildman–Crippen LogP) is 1.50. The Morgan fingerprint density at radius 2 is 2.00 bits per heavy atom. The van der Waals surface area contributed by atoms with Crippen molar-refractivity contribution in [3.63, 3.8) is 0 Å². The highest BCUT2D eigenvalue weighted by atomic mass is 32.1. The van der Waals surface area contributed by atoms with Gasteiger partial charge in [-0.3, -0.25) is 0 Å². The number of esters is 1. The highest BCUT2D eigenvalue weighted by molar-refractivity contribution is 7.54. The first-order chi connectivity index (χ1) is 6.27. The van der Waals surface area contributed by atoms with Gasteiger partial charge in [0.15, 0.2) is 0 Å². The number of carbonyl (C=O) groups excluding carboxylic acids is 1. The van der Waals surface area contributed by atoms with E-state index in [1.54, 1.807) is 24.3 Å². The molecule has 0 bridgehead atoms. The van der Waals surface area contributed by atoms with E-state index in [4.69, 9.17) is 0 Å². The molecule has 68 valence electrons. The molecule has 13 heavy (non-hydrogen) atoms. The smallest absolute Gasteiger partial charge is 0.337 e. The number of hydrogen-bond acceptors (Lipinski definition) is 4. The number of rotatable bonds is 2. The molecule has 0 aromatic heterocycles. The van der Waals surface area contributed by atoms with E-state index < -0.39 is 5.97 Å². The second-order valence-electron chi connectivity index (χ2n) is 2.20. The van der Waals surface area contributed by atoms with Crippen molar-refractivity contribution in [3.8, 4) is 0 Å². The number of methoxy groups -OCH3 is 1. The molecular weight excluding hydrogens is 190 g/mol. The minimum atomic E-state index is -0.402. The molecule has 0 fully saturated rings. The highest BCUT2D eigenvalue weighted by Crippen LogP contribution is 2.12. The van der Waals surface area contributed by atoms with Gasteiger partial charge in [-0.05, 0) is 24.3 Å². The van der Waals surface area contributed by atoms with Crippen LogP contribution in [0.1, 0.15) is 10.4 Å². The maximum Gasteiger partial charge on any atom is 0.337 e. The van der Waals surface area contributed by atoms with Crippen molar-refractivity contribution in [1.82, 2.24) is 0 Å². The van der Waals surface area contributed by atoms with Crippen molar-refractivity contribution in [3.05, 3.63) is 29.8 Å². The summed E-state index contributed by atoms with van der Waals surface area (Å²) in [6, 6.07) is 6.27. The highest BCUT2D eigenvalue weighted by Gasteiger charge is 2.03. The molecule has 0 spiro atoms. The van der Waals surface area contributed by atoms with E-state index in [9.17, 15) is 9.00 Å². The summed E-state index contributed by atoms with van der Waals surface area (Å²) in [5, 5.41) is 0. The second-order valence-corrected chi connectivity index (χ2v) is 2.54. The average Bonchev–Trinajstić information content (AvgIpc) is 2.18. The summed E-state index contributed by atoms with van der Waals surface area (Å²) >= 11 is 0.134. The normalized spacial score (nSPS) is 9.00. The summed E-state index contributed by atoms with van der Waals surface area (Å²) in [6.07, 6.45) is 0. The molecule has 0 aliphatic carbocycles. The first kappa shape index (κ1) is 9.60. The Hall–Kier alpha value is -1.49. The van der Waals surface area contributed by atoms with Crippen LogP contribution in [0.4, 0.5) is 5.69 Å². The largest absolute Gasteiger partial charge is 0.465 e. The topological polar surface area (TPSA) is 55.7 Å². The minimum absolute atomic E-state index is 0.134. The monoisotopic (exact) mass is 197 g/mol. The molecular formula is C8H7NO3S. The molecule has 0 atom stereocenters.